The van der Waals surface area contributed by atoms with Crippen molar-refractivity contribution in [1.82, 2.24) is 9.78 Å². The molecule has 6 nitrogen and oxygen atoms in total. The number of aryl methyl sites for hydroxylation is 1. The number of fused-ring (bicyclic) bond motifs is 1. The summed E-state index contributed by atoms with van der Waals surface area (Å²) in [6.45, 7) is 5.48. The zero-order valence-corrected chi connectivity index (χ0v) is 12.3. The number of hydrogen-bond donors (Lipinski definition) is 2. The highest BCUT2D eigenvalue weighted by molar-refractivity contribution is 6.37. The lowest BCUT2D eigenvalue weighted by atomic mass is 10.1. The molecular weight excluding hydrogens is 284 g/mol. The van der Waals surface area contributed by atoms with Gasteiger partial charge in [0, 0.05) is 7.05 Å². The summed E-state index contributed by atoms with van der Waals surface area (Å²) < 4.78 is 6.75. The summed E-state index contributed by atoms with van der Waals surface area (Å²) in [5.41, 5.74) is -1.03. The van der Waals surface area contributed by atoms with Crippen LogP contribution in [0.3, 0.4) is 0 Å². The first-order valence-electron chi connectivity index (χ1n) is 5.92. The van der Waals surface area contributed by atoms with Crippen LogP contribution in [0.2, 0.25) is 5.02 Å². The summed E-state index contributed by atoms with van der Waals surface area (Å²) in [4.78, 5) is 12.1. The van der Waals surface area contributed by atoms with Crippen LogP contribution in [0.1, 0.15) is 20.8 Å². The normalized spacial score (nSPS) is 11.8. The van der Waals surface area contributed by atoms with Gasteiger partial charge in [-0.3, -0.25) is 4.79 Å². The molecule has 0 bridgehead atoms. The van der Waals surface area contributed by atoms with E-state index in [2.05, 4.69) is 5.10 Å². The highest BCUT2D eigenvalue weighted by Gasteiger charge is 2.22. The monoisotopic (exact) mass is 298 g/mol. The van der Waals surface area contributed by atoms with Gasteiger partial charge in [-0.1, -0.05) is 11.6 Å². The van der Waals surface area contributed by atoms with Crippen molar-refractivity contribution >= 4 is 22.4 Å². The molecule has 0 saturated heterocycles. The standard InChI is InChI=1S/C13H15ClN2O4/c1-13(2,3)20-11-6-5-7(17)10(18)9(14)8(6)12(19)16(4)15-11/h5,17-18H,1-4H3. The van der Waals surface area contributed by atoms with Crippen LogP contribution in [0.15, 0.2) is 10.9 Å². The van der Waals surface area contributed by atoms with Crippen molar-refractivity contribution < 1.29 is 14.9 Å². The van der Waals surface area contributed by atoms with Gasteiger partial charge in [-0.25, -0.2) is 4.68 Å². The Morgan fingerprint density at radius 2 is 1.95 bits per heavy atom. The smallest absolute Gasteiger partial charge is 0.276 e. The maximum atomic E-state index is 12.1. The number of phenols is 2. The molecule has 2 rings (SSSR count). The van der Waals surface area contributed by atoms with Gasteiger partial charge >= 0.3 is 0 Å². The Morgan fingerprint density at radius 1 is 1.35 bits per heavy atom. The third-order valence-electron chi connectivity index (χ3n) is 2.60. The number of aromatic hydroxyl groups is 2. The number of rotatable bonds is 1. The largest absolute Gasteiger partial charge is 0.504 e. The van der Waals surface area contributed by atoms with Gasteiger partial charge in [-0.15, -0.1) is 5.10 Å². The number of aromatic nitrogens is 2. The summed E-state index contributed by atoms with van der Waals surface area (Å²) in [5, 5.41) is 23.4. The second kappa shape index (κ2) is 4.56. The van der Waals surface area contributed by atoms with E-state index in [9.17, 15) is 15.0 Å². The van der Waals surface area contributed by atoms with Gasteiger partial charge in [0.25, 0.3) is 5.56 Å². The van der Waals surface area contributed by atoms with Gasteiger partial charge < -0.3 is 14.9 Å². The van der Waals surface area contributed by atoms with Crippen molar-refractivity contribution in [1.29, 1.82) is 0 Å². The van der Waals surface area contributed by atoms with E-state index >= 15 is 0 Å². The van der Waals surface area contributed by atoms with Crippen molar-refractivity contribution in [2.24, 2.45) is 7.05 Å². The van der Waals surface area contributed by atoms with Gasteiger partial charge in [-0.2, -0.15) is 0 Å². The Kier molecular flexibility index (Phi) is 3.29. The number of hydrogen-bond acceptors (Lipinski definition) is 5. The minimum absolute atomic E-state index is 0.0544. The maximum absolute atomic E-state index is 12.1. The van der Waals surface area contributed by atoms with Gasteiger partial charge in [0.15, 0.2) is 11.5 Å². The quantitative estimate of drug-likeness (QED) is 0.788. The molecule has 0 atom stereocenters. The van der Waals surface area contributed by atoms with Crippen LogP contribution in [0.25, 0.3) is 10.8 Å². The second-order valence-corrected chi connectivity index (χ2v) is 5.81. The first-order chi connectivity index (χ1) is 9.11. The Bertz CT molecular complexity index is 747. The van der Waals surface area contributed by atoms with Crippen LogP contribution in [0.4, 0.5) is 0 Å². The molecule has 0 aliphatic rings. The molecule has 0 spiro atoms. The highest BCUT2D eigenvalue weighted by Crippen LogP contribution is 2.40. The lowest BCUT2D eigenvalue weighted by molar-refractivity contribution is 0.123. The summed E-state index contributed by atoms with van der Waals surface area (Å²) in [7, 11) is 1.46. The molecule has 1 aromatic carbocycles. The van der Waals surface area contributed by atoms with E-state index in [0.717, 1.165) is 4.68 Å². The van der Waals surface area contributed by atoms with Crippen LogP contribution in [-0.4, -0.2) is 25.6 Å². The molecule has 20 heavy (non-hydrogen) atoms. The topological polar surface area (TPSA) is 84.6 Å². The molecule has 1 heterocycles. The van der Waals surface area contributed by atoms with Crippen LogP contribution in [0, 0.1) is 0 Å². The zero-order valence-electron chi connectivity index (χ0n) is 11.6. The van der Waals surface area contributed by atoms with Gasteiger partial charge in [0.05, 0.1) is 15.8 Å². The SMILES string of the molecule is Cn1nc(OC(C)(C)C)c2cc(O)c(O)c(Cl)c2c1=O. The van der Waals surface area contributed by atoms with E-state index in [-0.39, 0.29) is 21.7 Å². The van der Waals surface area contributed by atoms with Crippen LogP contribution < -0.4 is 10.3 Å². The number of nitrogens with zero attached hydrogens (tertiary/aromatic N) is 2. The number of benzene rings is 1. The highest BCUT2D eigenvalue weighted by atomic mass is 35.5. The molecule has 0 radical (unpaired) electrons. The molecule has 0 unspecified atom stereocenters. The molecule has 0 aliphatic carbocycles. The molecule has 0 saturated carbocycles. The molecule has 2 aromatic rings. The fraction of sp³-hybridized carbons (Fsp3) is 0.385. The van der Waals surface area contributed by atoms with Crippen LogP contribution in [0.5, 0.6) is 17.4 Å². The van der Waals surface area contributed by atoms with E-state index in [1.807, 2.05) is 20.8 Å². The summed E-state index contributed by atoms with van der Waals surface area (Å²) in [6, 6.07) is 1.21. The van der Waals surface area contributed by atoms with E-state index in [4.69, 9.17) is 16.3 Å². The fourth-order valence-corrected chi connectivity index (χ4v) is 2.05. The lowest BCUT2D eigenvalue weighted by Crippen LogP contribution is -2.27. The molecule has 1 aromatic heterocycles. The summed E-state index contributed by atoms with van der Waals surface area (Å²) in [6.07, 6.45) is 0. The summed E-state index contributed by atoms with van der Waals surface area (Å²) >= 11 is 5.95. The zero-order chi connectivity index (χ0) is 15.2. The Balaban J connectivity index is 2.91. The number of phenolic OH excluding ortho intramolecular Hbond substituents is 2. The van der Waals surface area contributed by atoms with E-state index in [0.29, 0.717) is 0 Å². The van der Waals surface area contributed by atoms with Crippen molar-refractivity contribution in [2.45, 2.75) is 26.4 Å². The second-order valence-electron chi connectivity index (χ2n) is 5.43. The van der Waals surface area contributed by atoms with Crippen LogP contribution >= 0.6 is 11.6 Å². The van der Waals surface area contributed by atoms with Crippen molar-refractivity contribution in [2.75, 3.05) is 0 Å². The Labute approximate surface area is 120 Å². The van der Waals surface area contributed by atoms with Crippen molar-refractivity contribution in [3.05, 3.63) is 21.4 Å². The molecular formula is C13H15ClN2O4. The number of halogens is 1. The average molecular weight is 299 g/mol. The Hall–Kier alpha value is -1.95. The summed E-state index contributed by atoms with van der Waals surface area (Å²) in [5.74, 6) is -0.813. The first kappa shape index (κ1) is 14.5. The third kappa shape index (κ3) is 2.38. The minimum Gasteiger partial charge on any atom is -0.504 e. The van der Waals surface area contributed by atoms with Crippen molar-refractivity contribution in [3.8, 4) is 17.4 Å². The molecule has 0 amide bonds. The predicted octanol–water partition coefficient (Wildman–Crippen LogP) is 2.18. The average Bonchev–Trinajstić information content (AvgIpc) is 2.30. The van der Waals surface area contributed by atoms with Crippen molar-refractivity contribution in [3.63, 3.8) is 0 Å². The van der Waals surface area contributed by atoms with E-state index in [1.54, 1.807) is 0 Å². The molecule has 2 N–H and O–H groups in total. The predicted molar refractivity (Wildman–Crippen MR) is 75.7 cm³/mol. The third-order valence-corrected chi connectivity index (χ3v) is 2.97. The van der Waals surface area contributed by atoms with Gasteiger partial charge in [0.2, 0.25) is 5.88 Å². The molecule has 7 heteroatoms. The van der Waals surface area contributed by atoms with Crippen LogP contribution in [-0.2, 0) is 7.05 Å². The fourth-order valence-electron chi connectivity index (χ4n) is 1.77. The van der Waals surface area contributed by atoms with Gasteiger partial charge in [-0.05, 0) is 26.8 Å². The number of ether oxygens (including phenoxy) is 1. The van der Waals surface area contributed by atoms with E-state index in [1.165, 1.54) is 13.1 Å². The maximum Gasteiger partial charge on any atom is 0.276 e. The molecule has 0 fully saturated rings. The minimum atomic E-state index is -0.544. The molecule has 0 aliphatic heterocycles. The van der Waals surface area contributed by atoms with E-state index < -0.39 is 22.7 Å². The molecule has 108 valence electrons. The Morgan fingerprint density at radius 3 is 2.50 bits per heavy atom. The van der Waals surface area contributed by atoms with Gasteiger partial charge in [0.1, 0.15) is 5.60 Å². The first-order valence-corrected chi connectivity index (χ1v) is 6.30. The lowest BCUT2D eigenvalue weighted by Gasteiger charge is -2.22.